The summed E-state index contributed by atoms with van der Waals surface area (Å²) in [5, 5.41) is 9.45. The Morgan fingerprint density at radius 2 is 2.07 bits per heavy atom. The van der Waals surface area contributed by atoms with Crippen LogP contribution in [0.15, 0.2) is 29.6 Å². The first kappa shape index (κ1) is 25.7. The van der Waals surface area contributed by atoms with Crippen LogP contribution in [0.3, 0.4) is 0 Å². The minimum absolute atomic E-state index is 0. The van der Waals surface area contributed by atoms with Crippen molar-refractivity contribution in [3.63, 3.8) is 0 Å². The number of hydrogen-bond donors (Lipinski definition) is 2. The van der Waals surface area contributed by atoms with E-state index in [1.807, 2.05) is 24.4 Å². The van der Waals surface area contributed by atoms with Gasteiger partial charge in [0.1, 0.15) is 12.4 Å². The molecule has 0 atom stereocenters. The molecular formula is C20H29Cl2N3O3S. The maximum absolute atomic E-state index is 12.6. The van der Waals surface area contributed by atoms with Crippen LogP contribution in [-0.2, 0) is 11.3 Å². The number of nitrogens with one attached hydrogen (secondary N) is 2. The van der Waals surface area contributed by atoms with Crippen LogP contribution in [-0.4, -0.2) is 44.2 Å². The average molecular weight is 462 g/mol. The van der Waals surface area contributed by atoms with E-state index >= 15 is 0 Å². The Hall–Kier alpha value is -1.38. The van der Waals surface area contributed by atoms with Crippen molar-refractivity contribution in [2.24, 2.45) is 5.41 Å². The molecule has 162 valence electrons. The molecule has 2 heterocycles. The number of amides is 1. The molecule has 3 rings (SSSR count). The predicted octanol–water partition coefficient (Wildman–Crippen LogP) is 3.62. The fraction of sp³-hybridized carbons (Fsp3) is 0.500. The topological polar surface area (TPSA) is 72.5 Å². The van der Waals surface area contributed by atoms with Crippen molar-refractivity contribution in [3.05, 3.63) is 45.9 Å². The van der Waals surface area contributed by atoms with Crippen LogP contribution < -0.4 is 15.4 Å². The number of rotatable bonds is 8. The van der Waals surface area contributed by atoms with Crippen LogP contribution in [0.25, 0.3) is 0 Å². The smallest absolute Gasteiger partial charge is 0.251 e. The number of carbonyl (C=O) groups is 1. The maximum atomic E-state index is 12.6. The van der Waals surface area contributed by atoms with E-state index in [2.05, 4.69) is 15.6 Å². The van der Waals surface area contributed by atoms with Gasteiger partial charge < -0.3 is 20.1 Å². The highest BCUT2D eigenvalue weighted by Gasteiger charge is 2.32. The molecule has 0 spiro atoms. The number of nitrogens with zero attached hydrogens (tertiary/aromatic N) is 1. The van der Waals surface area contributed by atoms with Gasteiger partial charge in [-0.25, -0.2) is 4.98 Å². The average Bonchev–Trinajstić information content (AvgIpc) is 3.11. The summed E-state index contributed by atoms with van der Waals surface area (Å²) in [6, 6.07) is 7.28. The molecule has 1 saturated heterocycles. The minimum Gasteiger partial charge on any atom is -0.487 e. The highest BCUT2D eigenvalue weighted by Crippen LogP contribution is 2.28. The van der Waals surface area contributed by atoms with Gasteiger partial charge in [-0.05, 0) is 51.1 Å². The lowest BCUT2D eigenvalue weighted by molar-refractivity contribution is 0.0511. The van der Waals surface area contributed by atoms with Gasteiger partial charge in [0.2, 0.25) is 0 Å². The van der Waals surface area contributed by atoms with Gasteiger partial charge in [-0.15, -0.1) is 36.2 Å². The van der Waals surface area contributed by atoms with Gasteiger partial charge >= 0.3 is 0 Å². The summed E-state index contributed by atoms with van der Waals surface area (Å²) in [5.74, 6) is 0.584. The number of halogens is 2. The number of piperidine rings is 1. The minimum atomic E-state index is -0.0843. The summed E-state index contributed by atoms with van der Waals surface area (Å²) in [7, 11) is 1.72. The first-order valence-electron chi connectivity index (χ1n) is 9.22. The molecule has 1 fully saturated rings. The van der Waals surface area contributed by atoms with Crippen LogP contribution in [0.2, 0.25) is 0 Å². The molecule has 1 aliphatic heterocycles. The van der Waals surface area contributed by atoms with Gasteiger partial charge in [0, 0.05) is 30.0 Å². The maximum Gasteiger partial charge on any atom is 0.251 e. The Labute approximate surface area is 188 Å². The molecule has 2 aromatic rings. The van der Waals surface area contributed by atoms with Crippen LogP contribution in [0.5, 0.6) is 5.75 Å². The van der Waals surface area contributed by atoms with Gasteiger partial charge in [0.15, 0.2) is 0 Å². The highest BCUT2D eigenvalue weighted by atomic mass is 35.5. The summed E-state index contributed by atoms with van der Waals surface area (Å²) >= 11 is 1.60. The van der Waals surface area contributed by atoms with Gasteiger partial charge in [-0.1, -0.05) is 6.07 Å². The van der Waals surface area contributed by atoms with Crippen molar-refractivity contribution in [1.82, 2.24) is 15.6 Å². The monoisotopic (exact) mass is 461 g/mol. The third kappa shape index (κ3) is 7.42. The third-order valence-corrected chi connectivity index (χ3v) is 5.71. The Bertz CT molecular complexity index is 761. The summed E-state index contributed by atoms with van der Waals surface area (Å²) in [6.07, 6.45) is 1.99. The van der Waals surface area contributed by atoms with E-state index in [0.29, 0.717) is 31.1 Å². The number of thiazole rings is 1. The van der Waals surface area contributed by atoms with Crippen molar-refractivity contribution in [3.8, 4) is 5.75 Å². The van der Waals surface area contributed by atoms with Crippen molar-refractivity contribution >= 4 is 42.1 Å². The Balaban J connectivity index is 0.00000210. The van der Waals surface area contributed by atoms with E-state index in [1.54, 1.807) is 30.6 Å². The fourth-order valence-corrected chi connectivity index (χ4v) is 3.96. The standard InChI is InChI=1S/C20H27N3O3S.2ClH/c1-15-23-17(12-27-15)11-26-18-5-3-4-16(10-18)19(24)22-13-20(14-25-2)6-8-21-9-7-20;;/h3-5,10,12,21H,6-9,11,13-14H2,1-2H3,(H,22,24);2*1H. The second kappa shape index (κ2) is 12.3. The molecule has 2 N–H and O–H groups in total. The zero-order valence-electron chi connectivity index (χ0n) is 16.7. The molecular weight excluding hydrogens is 433 g/mol. The first-order chi connectivity index (χ1) is 13.1. The van der Waals surface area contributed by atoms with E-state index < -0.39 is 0 Å². The Morgan fingerprint density at radius 1 is 1.31 bits per heavy atom. The lowest BCUT2D eigenvalue weighted by Crippen LogP contribution is -2.47. The number of benzene rings is 1. The number of methoxy groups -OCH3 is 1. The number of carbonyl (C=O) groups excluding carboxylic acids is 1. The second-order valence-corrected chi connectivity index (χ2v) is 8.10. The molecule has 29 heavy (non-hydrogen) atoms. The highest BCUT2D eigenvalue weighted by molar-refractivity contribution is 7.09. The van der Waals surface area contributed by atoms with E-state index in [-0.39, 0.29) is 36.1 Å². The molecule has 6 nitrogen and oxygen atoms in total. The normalized spacial score (nSPS) is 15.0. The SMILES string of the molecule is COCC1(CNC(=O)c2cccc(OCc3csc(C)n3)c2)CCNCC1.Cl.Cl. The van der Waals surface area contributed by atoms with Gasteiger partial charge in [0.25, 0.3) is 5.91 Å². The Morgan fingerprint density at radius 3 is 2.72 bits per heavy atom. The summed E-state index contributed by atoms with van der Waals surface area (Å²) < 4.78 is 11.2. The number of aromatic nitrogens is 1. The third-order valence-electron chi connectivity index (χ3n) is 4.89. The molecule has 9 heteroatoms. The lowest BCUT2D eigenvalue weighted by Gasteiger charge is -2.37. The van der Waals surface area contributed by atoms with Crippen LogP contribution in [0, 0.1) is 12.3 Å². The molecule has 0 unspecified atom stereocenters. The molecule has 0 bridgehead atoms. The molecule has 0 aliphatic carbocycles. The number of ether oxygens (including phenoxy) is 2. The van der Waals surface area contributed by atoms with Crippen LogP contribution in [0.1, 0.15) is 33.9 Å². The van der Waals surface area contributed by atoms with E-state index in [4.69, 9.17) is 9.47 Å². The van der Waals surface area contributed by atoms with Gasteiger partial charge in [-0.3, -0.25) is 4.79 Å². The molecule has 1 amide bonds. The second-order valence-electron chi connectivity index (χ2n) is 7.04. The van der Waals surface area contributed by atoms with E-state index in [1.165, 1.54) is 0 Å². The van der Waals surface area contributed by atoms with Crippen molar-refractivity contribution < 1.29 is 14.3 Å². The van der Waals surface area contributed by atoms with Crippen LogP contribution in [0.4, 0.5) is 0 Å². The molecule has 1 aromatic heterocycles. The molecule has 0 saturated carbocycles. The zero-order valence-corrected chi connectivity index (χ0v) is 19.2. The zero-order chi connectivity index (χ0) is 19.1. The largest absolute Gasteiger partial charge is 0.487 e. The number of aryl methyl sites for hydroxylation is 1. The van der Waals surface area contributed by atoms with Gasteiger partial charge in [0.05, 0.1) is 17.3 Å². The Kier molecular flexibility index (Phi) is 10.9. The fourth-order valence-electron chi connectivity index (χ4n) is 3.36. The first-order valence-corrected chi connectivity index (χ1v) is 10.1. The quantitative estimate of drug-likeness (QED) is 0.627. The van der Waals surface area contributed by atoms with Crippen LogP contribution >= 0.6 is 36.2 Å². The summed E-state index contributed by atoms with van der Waals surface area (Å²) in [5.41, 5.74) is 1.51. The predicted molar refractivity (Wildman–Crippen MR) is 121 cm³/mol. The van der Waals surface area contributed by atoms with E-state index in [9.17, 15) is 4.79 Å². The molecule has 1 aliphatic rings. The van der Waals surface area contributed by atoms with Crippen molar-refractivity contribution in [1.29, 1.82) is 0 Å². The van der Waals surface area contributed by atoms with Gasteiger partial charge in [-0.2, -0.15) is 0 Å². The summed E-state index contributed by atoms with van der Waals surface area (Å²) in [6.45, 7) is 5.56. The van der Waals surface area contributed by atoms with Crippen molar-refractivity contribution in [2.45, 2.75) is 26.4 Å². The van der Waals surface area contributed by atoms with E-state index in [0.717, 1.165) is 36.6 Å². The van der Waals surface area contributed by atoms with Crippen molar-refractivity contribution in [2.75, 3.05) is 33.4 Å². The molecule has 1 aromatic carbocycles. The summed E-state index contributed by atoms with van der Waals surface area (Å²) in [4.78, 5) is 17.0. The lowest BCUT2D eigenvalue weighted by atomic mass is 9.79. The number of hydrogen-bond acceptors (Lipinski definition) is 6. The molecule has 0 radical (unpaired) electrons.